The van der Waals surface area contributed by atoms with Crippen molar-refractivity contribution in [1.29, 1.82) is 0 Å². The third-order valence-electron chi connectivity index (χ3n) is 3.72. The number of halogens is 1. The topological polar surface area (TPSA) is 57.7 Å². The summed E-state index contributed by atoms with van der Waals surface area (Å²) < 4.78 is 0.649. The molecule has 0 N–H and O–H groups in total. The zero-order valence-electron chi connectivity index (χ0n) is 10.9. The van der Waals surface area contributed by atoms with Gasteiger partial charge in [-0.2, -0.15) is 0 Å². The Morgan fingerprint density at radius 1 is 1.40 bits per heavy atom. The Morgan fingerprint density at radius 2 is 2.10 bits per heavy atom. The van der Waals surface area contributed by atoms with Crippen LogP contribution in [-0.4, -0.2) is 42.1 Å². The quantitative estimate of drug-likeness (QED) is 0.788. The van der Waals surface area contributed by atoms with E-state index in [1.807, 2.05) is 0 Å². The van der Waals surface area contributed by atoms with Crippen LogP contribution in [0.4, 0.5) is 5.69 Å². The Kier molecular flexibility index (Phi) is 3.12. The van der Waals surface area contributed by atoms with Crippen LogP contribution in [0.2, 0.25) is 0 Å². The second kappa shape index (κ2) is 4.70. The summed E-state index contributed by atoms with van der Waals surface area (Å²) in [5.74, 6) is -1.33. The molecular formula is C14H13BrN2O3. The molecule has 0 spiro atoms. The van der Waals surface area contributed by atoms with Crippen molar-refractivity contribution in [2.75, 3.05) is 18.5 Å². The summed E-state index contributed by atoms with van der Waals surface area (Å²) >= 11 is 3.34. The van der Waals surface area contributed by atoms with Crippen LogP contribution in [0.15, 0.2) is 22.7 Å². The highest BCUT2D eigenvalue weighted by molar-refractivity contribution is 9.10. The van der Waals surface area contributed by atoms with E-state index in [1.165, 1.54) is 4.90 Å². The summed E-state index contributed by atoms with van der Waals surface area (Å²) in [6, 6.07) is 5.35. The lowest BCUT2D eigenvalue weighted by Crippen LogP contribution is -2.41. The van der Waals surface area contributed by atoms with E-state index < -0.39 is 11.7 Å². The molecule has 1 aromatic rings. The molecule has 1 heterocycles. The SMILES string of the molecule is CN(C(=O)CN1C(=O)C(=O)c2cccc(Br)c21)C1CC1. The molecule has 0 saturated heterocycles. The lowest BCUT2D eigenvalue weighted by Gasteiger charge is -2.22. The molecule has 0 unspecified atom stereocenters. The minimum absolute atomic E-state index is 0.0901. The fraction of sp³-hybridized carbons (Fsp3) is 0.357. The van der Waals surface area contributed by atoms with E-state index in [4.69, 9.17) is 0 Å². The van der Waals surface area contributed by atoms with Crippen LogP contribution in [0.25, 0.3) is 0 Å². The zero-order chi connectivity index (χ0) is 14.4. The van der Waals surface area contributed by atoms with E-state index in [9.17, 15) is 14.4 Å². The van der Waals surface area contributed by atoms with Crippen molar-refractivity contribution >= 4 is 39.2 Å². The number of hydrogen-bond donors (Lipinski definition) is 0. The Morgan fingerprint density at radius 3 is 2.75 bits per heavy atom. The van der Waals surface area contributed by atoms with Crippen LogP contribution in [0.1, 0.15) is 23.2 Å². The van der Waals surface area contributed by atoms with Crippen molar-refractivity contribution in [3.05, 3.63) is 28.2 Å². The summed E-state index contributed by atoms with van der Waals surface area (Å²) in [5, 5.41) is 0. The summed E-state index contributed by atoms with van der Waals surface area (Å²) in [7, 11) is 1.74. The molecule has 3 rings (SSSR count). The molecule has 5 nitrogen and oxygen atoms in total. The van der Waals surface area contributed by atoms with Gasteiger partial charge < -0.3 is 4.90 Å². The zero-order valence-corrected chi connectivity index (χ0v) is 12.5. The van der Waals surface area contributed by atoms with Crippen LogP contribution in [-0.2, 0) is 9.59 Å². The number of likely N-dealkylation sites (N-methyl/N-ethyl adjacent to an activating group) is 1. The monoisotopic (exact) mass is 336 g/mol. The second-order valence-corrected chi connectivity index (χ2v) is 5.95. The van der Waals surface area contributed by atoms with Crippen molar-refractivity contribution in [1.82, 2.24) is 4.90 Å². The van der Waals surface area contributed by atoms with E-state index in [1.54, 1.807) is 30.1 Å². The van der Waals surface area contributed by atoms with E-state index in [0.29, 0.717) is 15.7 Å². The van der Waals surface area contributed by atoms with Gasteiger partial charge in [0.2, 0.25) is 5.91 Å². The summed E-state index contributed by atoms with van der Waals surface area (Å²) in [6.45, 7) is -0.0901. The number of para-hydroxylation sites is 1. The number of anilines is 1. The molecule has 1 aliphatic carbocycles. The standard InChI is InChI=1S/C14H13BrN2O3/c1-16(8-5-6-8)11(18)7-17-12-9(13(19)14(17)20)3-2-4-10(12)15/h2-4,8H,5-7H2,1H3. The first-order valence-electron chi connectivity index (χ1n) is 6.41. The summed E-state index contributed by atoms with van der Waals surface area (Å²) in [6.07, 6.45) is 2.02. The molecule has 0 atom stereocenters. The minimum atomic E-state index is -0.635. The molecule has 2 aliphatic rings. The summed E-state index contributed by atoms with van der Waals surface area (Å²) in [5.41, 5.74) is 0.853. The first-order valence-corrected chi connectivity index (χ1v) is 7.20. The van der Waals surface area contributed by atoms with Crippen LogP contribution < -0.4 is 4.90 Å². The lowest BCUT2D eigenvalue weighted by molar-refractivity contribution is -0.130. The average molecular weight is 337 g/mol. The maximum atomic E-state index is 12.2. The molecule has 1 aliphatic heterocycles. The number of hydrogen-bond acceptors (Lipinski definition) is 3. The number of carbonyl (C=O) groups is 3. The predicted molar refractivity (Wildman–Crippen MR) is 76.6 cm³/mol. The van der Waals surface area contributed by atoms with E-state index in [2.05, 4.69) is 15.9 Å². The van der Waals surface area contributed by atoms with E-state index >= 15 is 0 Å². The molecule has 0 aromatic heterocycles. The number of rotatable bonds is 3. The molecule has 6 heteroatoms. The van der Waals surface area contributed by atoms with Crippen LogP contribution in [0.5, 0.6) is 0 Å². The van der Waals surface area contributed by atoms with Crippen molar-refractivity contribution in [3.63, 3.8) is 0 Å². The van der Waals surface area contributed by atoms with Crippen LogP contribution in [0.3, 0.4) is 0 Å². The molecule has 0 radical (unpaired) electrons. The van der Waals surface area contributed by atoms with Gasteiger partial charge in [-0.05, 0) is 40.9 Å². The number of nitrogens with zero attached hydrogens (tertiary/aromatic N) is 2. The fourth-order valence-electron chi connectivity index (χ4n) is 2.38. The van der Waals surface area contributed by atoms with Gasteiger partial charge in [0.25, 0.3) is 11.7 Å². The van der Waals surface area contributed by atoms with Crippen LogP contribution in [0, 0.1) is 0 Å². The Balaban J connectivity index is 1.89. The Hall–Kier alpha value is -1.69. The third-order valence-corrected chi connectivity index (χ3v) is 4.36. The van der Waals surface area contributed by atoms with E-state index in [0.717, 1.165) is 12.8 Å². The van der Waals surface area contributed by atoms with Crippen molar-refractivity contribution in [2.24, 2.45) is 0 Å². The largest absolute Gasteiger partial charge is 0.341 e. The molecule has 2 amide bonds. The van der Waals surface area contributed by atoms with Crippen molar-refractivity contribution in [3.8, 4) is 0 Å². The van der Waals surface area contributed by atoms with E-state index in [-0.39, 0.29) is 18.5 Å². The number of carbonyl (C=O) groups excluding carboxylic acids is 3. The normalized spacial score (nSPS) is 17.4. The molecule has 1 fully saturated rings. The highest BCUT2D eigenvalue weighted by atomic mass is 79.9. The molecular weight excluding hydrogens is 324 g/mol. The minimum Gasteiger partial charge on any atom is -0.341 e. The highest BCUT2D eigenvalue weighted by Crippen LogP contribution is 2.36. The smallest absolute Gasteiger partial charge is 0.299 e. The molecule has 1 aromatic carbocycles. The van der Waals surface area contributed by atoms with Crippen molar-refractivity contribution in [2.45, 2.75) is 18.9 Å². The average Bonchev–Trinajstić information content (AvgIpc) is 3.23. The maximum Gasteiger partial charge on any atom is 0.299 e. The van der Waals surface area contributed by atoms with Crippen LogP contribution >= 0.6 is 15.9 Å². The predicted octanol–water partition coefficient (Wildman–Crippen LogP) is 1.60. The number of benzene rings is 1. The van der Waals surface area contributed by atoms with Gasteiger partial charge in [0.05, 0.1) is 11.3 Å². The van der Waals surface area contributed by atoms with Gasteiger partial charge >= 0.3 is 0 Å². The Labute approximate surface area is 124 Å². The molecule has 20 heavy (non-hydrogen) atoms. The molecule has 0 bridgehead atoms. The van der Waals surface area contributed by atoms with Gasteiger partial charge in [-0.25, -0.2) is 0 Å². The van der Waals surface area contributed by atoms with Gasteiger partial charge in [-0.3, -0.25) is 19.3 Å². The third kappa shape index (κ3) is 2.04. The molecule has 104 valence electrons. The first-order chi connectivity index (χ1) is 9.50. The summed E-state index contributed by atoms with van der Waals surface area (Å²) in [4.78, 5) is 39.0. The molecule has 1 saturated carbocycles. The van der Waals surface area contributed by atoms with Gasteiger partial charge in [-0.1, -0.05) is 6.07 Å². The fourth-order valence-corrected chi connectivity index (χ4v) is 2.96. The van der Waals surface area contributed by atoms with Gasteiger partial charge in [0.1, 0.15) is 6.54 Å². The van der Waals surface area contributed by atoms with Gasteiger partial charge in [0.15, 0.2) is 0 Å². The highest BCUT2D eigenvalue weighted by Gasteiger charge is 2.39. The van der Waals surface area contributed by atoms with Gasteiger partial charge in [0, 0.05) is 17.6 Å². The number of Topliss-reactive ketones (excluding diaryl/α,β-unsaturated/α-hetero) is 1. The van der Waals surface area contributed by atoms with Crippen molar-refractivity contribution < 1.29 is 14.4 Å². The number of fused-ring (bicyclic) bond motifs is 1. The maximum absolute atomic E-state index is 12.2. The second-order valence-electron chi connectivity index (χ2n) is 5.09. The first kappa shape index (κ1) is 13.3. The number of ketones is 1. The number of amides is 2. The lowest BCUT2D eigenvalue weighted by atomic mass is 10.1. The van der Waals surface area contributed by atoms with Gasteiger partial charge in [-0.15, -0.1) is 0 Å². The Bertz CT molecular complexity index is 625.